The topological polar surface area (TPSA) is 48.1 Å². The number of ether oxygens (including phenoxy) is 1. The van der Waals surface area contributed by atoms with Crippen molar-refractivity contribution < 1.29 is 4.74 Å². The molecule has 19 heavy (non-hydrogen) atoms. The summed E-state index contributed by atoms with van der Waals surface area (Å²) < 4.78 is 5.85. The van der Waals surface area contributed by atoms with Gasteiger partial charge in [0, 0.05) is 17.1 Å². The van der Waals surface area contributed by atoms with E-state index in [0.717, 1.165) is 48.2 Å². The molecular formula is C16H22N2O. The number of hydrogen-bond acceptors (Lipinski definition) is 3. The van der Waals surface area contributed by atoms with Crippen LogP contribution in [0.2, 0.25) is 0 Å². The summed E-state index contributed by atoms with van der Waals surface area (Å²) in [4.78, 5) is 4.56. The van der Waals surface area contributed by atoms with Gasteiger partial charge in [0.15, 0.2) is 0 Å². The molecule has 0 fully saturated rings. The van der Waals surface area contributed by atoms with Gasteiger partial charge in [0.05, 0.1) is 6.61 Å². The third kappa shape index (κ3) is 3.93. The summed E-state index contributed by atoms with van der Waals surface area (Å²) in [6.45, 7) is 4.76. The van der Waals surface area contributed by atoms with Crippen LogP contribution in [0.15, 0.2) is 30.3 Å². The number of para-hydroxylation sites is 1. The molecule has 0 radical (unpaired) electrons. The Morgan fingerprint density at radius 1 is 1.21 bits per heavy atom. The molecule has 1 aromatic heterocycles. The number of benzene rings is 1. The Labute approximate surface area is 114 Å². The number of nitrogens with zero attached hydrogens (tertiary/aromatic N) is 1. The van der Waals surface area contributed by atoms with Crippen molar-refractivity contribution in [3.05, 3.63) is 36.0 Å². The van der Waals surface area contributed by atoms with Crippen molar-refractivity contribution in [2.45, 2.75) is 39.2 Å². The maximum Gasteiger partial charge on any atom is 0.145 e. The second kappa shape index (κ2) is 6.53. The van der Waals surface area contributed by atoms with Crippen LogP contribution in [0.1, 0.15) is 31.9 Å². The summed E-state index contributed by atoms with van der Waals surface area (Å²) in [5, 5.41) is 1.12. The summed E-state index contributed by atoms with van der Waals surface area (Å²) in [7, 11) is 0. The molecule has 102 valence electrons. The van der Waals surface area contributed by atoms with E-state index in [9.17, 15) is 0 Å². The molecule has 0 saturated heterocycles. The molecule has 0 saturated carbocycles. The lowest BCUT2D eigenvalue weighted by molar-refractivity contribution is 0.306. The molecule has 0 aliphatic carbocycles. The van der Waals surface area contributed by atoms with Gasteiger partial charge in [-0.05, 0) is 45.2 Å². The van der Waals surface area contributed by atoms with Crippen molar-refractivity contribution in [3.8, 4) is 5.75 Å². The molecule has 0 bridgehead atoms. The Morgan fingerprint density at radius 2 is 2.05 bits per heavy atom. The van der Waals surface area contributed by atoms with Crippen LogP contribution in [-0.2, 0) is 0 Å². The summed E-state index contributed by atoms with van der Waals surface area (Å²) in [5.41, 5.74) is 7.69. The highest BCUT2D eigenvalue weighted by molar-refractivity contribution is 5.84. The van der Waals surface area contributed by atoms with Crippen molar-refractivity contribution in [3.63, 3.8) is 0 Å². The number of aromatic nitrogens is 1. The quantitative estimate of drug-likeness (QED) is 0.807. The highest BCUT2D eigenvalue weighted by Crippen LogP contribution is 2.24. The average molecular weight is 258 g/mol. The number of fused-ring (bicyclic) bond motifs is 1. The Bertz CT molecular complexity index is 537. The maximum absolute atomic E-state index is 5.85. The predicted octanol–water partition coefficient (Wildman–Crippen LogP) is 3.44. The lowest BCUT2D eigenvalue weighted by atomic mass is 10.1. The van der Waals surface area contributed by atoms with Crippen LogP contribution < -0.4 is 10.5 Å². The minimum Gasteiger partial charge on any atom is -0.491 e. The summed E-state index contributed by atoms with van der Waals surface area (Å²) in [6.07, 6.45) is 3.19. The minimum atomic E-state index is 0.280. The van der Waals surface area contributed by atoms with Gasteiger partial charge in [-0.2, -0.15) is 0 Å². The SMILES string of the molecule is Cc1ccc2cccc(OCCCCC(C)N)c2n1. The molecular weight excluding hydrogens is 236 g/mol. The van der Waals surface area contributed by atoms with E-state index in [2.05, 4.69) is 17.1 Å². The van der Waals surface area contributed by atoms with E-state index in [1.54, 1.807) is 0 Å². The molecule has 0 amide bonds. The Balaban J connectivity index is 1.98. The molecule has 2 N–H and O–H groups in total. The monoisotopic (exact) mass is 258 g/mol. The molecule has 1 aromatic carbocycles. The minimum absolute atomic E-state index is 0.280. The fourth-order valence-electron chi connectivity index (χ4n) is 2.08. The molecule has 3 nitrogen and oxygen atoms in total. The second-order valence-corrected chi connectivity index (χ2v) is 5.10. The van der Waals surface area contributed by atoms with Crippen LogP contribution in [-0.4, -0.2) is 17.6 Å². The smallest absolute Gasteiger partial charge is 0.145 e. The van der Waals surface area contributed by atoms with E-state index in [1.807, 2.05) is 32.0 Å². The van der Waals surface area contributed by atoms with Gasteiger partial charge in [0.2, 0.25) is 0 Å². The number of hydrogen-bond donors (Lipinski definition) is 1. The van der Waals surface area contributed by atoms with E-state index in [0.29, 0.717) is 0 Å². The van der Waals surface area contributed by atoms with Crippen molar-refractivity contribution in [1.29, 1.82) is 0 Å². The zero-order valence-corrected chi connectivity index (χ0v) is 11.7. The number of unbranched alkanes of at least 4 members (excludes halogenated alkanes) is 1. The molecule has 0 aliphatic rings. The summed E-state index contributed by atoms with van der Waals surface area (Å²) in [6, 6.07) is 10.4. The summed E-state index contributed by atoms with van der Waals surface area (Å²) >= 11 is 0. The van der Waals surface area contributed by atoms with Crippen molar-refractivity contribution in [1.82, 2.24) is 4.98 Å². The van der Waals surface area contributed by atoms with E-state index >= 15 is 0 Å². The van der Waals surface area contributed by atoms with E-state index in [4.69, 9.17) is 10.5 Å². The molecule has 0 spiro atoms. The standard InChI is InChI=1S/C16H22N2O/c1-12(17)6-3-4-11-19-15-8-5-7-14-10-9-13(2)18-16(14)15/h5,7-10,12H,3-4,6,11,17H2,1-2H3. The molecule has 1 unspecified atom stereocenters. The molecule has 2 aromatic rings. The Hall–Kier alpha value is -1.61. The number of nitrogens with two attached hydrogens (primary N) is 1. The van der Waals surface area contributed by atoms with E-state index in [-0.39, 0.29) is 6.04 Å². The van der Waals surface area contributed by atoms with Gasteiger partial charge in [-0.15, -0.1) is 0 Å². The first-order valence-electron chi connectivity index (χ1n) is 6.91. The third-order valence-electron chi connectivity index (χ3n) is 3.13. The van der Waals surface area contributed by atoms with Crippen LogP contribution in [0.5, 0.6) is 5.75 Å². The lowest BCUT2D eigenvalue weighted by Crippen LogP contribution is -2.14. The first kappa shape index (κ1) is 13.8. The van der Waals surface area contributed by atoms with Crippen LogP contribution in [0.3, 0.4) is 0 Å². The fourth-order valence-corrected chi connectivity index (χ4v) is 2.08. The van der Waals surface area contributed by atoms with Gasteiger partial charge >= 0.3 is 0 Å². The lowest BCUT2D eigenvalue weighted by Gasteiger charge is -2.09. The van der Waals surface area contributed by atoms with Crippen LogP contribution in [0, 0.1) is 6.92 Å². The average Bonchev–Trinajstić information content (AvgIpc) is 2.38. The van der Waals surface area contributed by atoms with Gasteiger partial charge in [-0.25, -0.2) is 4.98 Å². The first-order chi connectivity index (χ1) is 9.16. The van der Waals surface area contributed by atoms with Crippen molar-refractivity contribution in [2.75, 3.05) is 6.61 Å². The number of aryl methyl sites for hydroxylation is 1. The summed E-state index contributed by atoms with van der Waals surface area (Å²) in [5.74, 6) is 0.877. The van der Waals surface area contributed by atoms with Gasteiger partial charge in [0.1, 0.15) is 11.3 Å². The fraction of sp³-hybridized carbons (Fsp3) is 0.438. The largest absolute Gasteiger partial charge is 0.491 e. The van der Waals surface area contributed by atoms with E-state index < -0.39 is 0 Å². The normalized spacial score (nSPS) is 12.6. The zero-order valence-electron chi connectivity index (χ0n) is 11.7. The zero-order chi connectivity index (χ0) is 13.7. The van der Waals surface area contributed by atoms with Gasteiger partial charge in [-0.3, -0.25) is 0 Å². The Kier molecular flexibility index (Phi) is 4.74. The van der Waals surface area contributed by atoms with Crippen LogP contribution in [0.25, 0.3) is 10.9 Å². The molecule has 1 atom stereocenters. The molecule has 3 heteroatoms. The highest BCUT2D eigenvalue weighted by atomic mass is 16.5. The maximum atomic E-state index is 5.85. The highest BCUT2D eigenvalue weighted by Gasteiger charge is 2.03. The van der Waals surface area contributed by atoms with Gasteiger partial charge in [-0.1, -0.05) is 18.2 Å². The van der Waals surface area contributed by atoms with E-state index in [1.165, 1.54) is 0 Å². The van der Waals surface area contributed by atoms with Gasteiger partial charge < -0.3 is 10.5 Å². The van der Waals surface area contributed by atoms with Gasteiger partial charge in [0.25, 0.3) is 0 Å². The predicted molar refractivity (Wildman–Crippen MR) is 79.5 cm³/mol. The third-order valence-corrected chi connectivity index (χ3v) is 3.13. The van der Waals surface area contributed by atoms with Crippen LogP contribution in [0.4, 0.5) is 0 Å². The van der Waals surface area contributed by atoms with Crippen LogP contribution >= 0.6 is 0 Å². The Morgan fingerprint density at radius 3 is 2.84 bits per heavy atom. The van der Waals surface area contributed by atoms with Crippen molar-refractivity contribution >= 4 is 10.9 Å². The molecule has 2 rings (SSSR count). The number of pyridine rings is 1. The number of rotatable bonds is 6. The second-order valence-electron chi connectivity index (χ2n) is 5.10. The molecule has 1 heterocycles. The van der Waals surface area contributed by atoms with Crippen molar-refractivity contribution in [2.24, 2.45) is 5.73 Å². The first-order valence-corrected chi connectivity index (χ1v) is 6.91. The molecule has 0 aliphatic heterocycles.